The van der Waals surface area contributed by atoms with Crippen molar-refractivity contribution in [2.45, 2.75) is 25.9 Å². The lowest BCUT2D eigenvalue weighted by molar-refractivity contribution is 0.228. The van der Waals surface area contributed by atoms with Crippen molar-refractivity contribution in [3.63, 3.8) is 0 Å². The lowest BCUT2D eigenvalue weighted by atomic mass is 10.1. The normalized spacial score (nSPS) is 18.1. The van der Waals surface area contributed by atoms with Gasteiger partial charge in [-0.15, -0.1) is 0 Å². The van der Waals surface area contributed by atoms with Crippen LogP contribution in [0.15, 0.2) is 24.3 Å². The average molecular weight is 283 g/mol. The number of ether oxygens (including phenoxy) is 1. The zero-order valence-electron chi connectivity index (χ0n) is 11.3. The van der Waals surface area contributed by atoms with Crippen LogP contribution in [0.25, 0.3) is 0 Å². The largest absolute Gasteiger partial charge is 0.488 e. The van der Waals surface area contributed by atoms with Gasteiger partial charge >= 0.3 is 0 Å². The van der Waals surface area contributed by atoms with Crippen LogP contribution in [0.2, 0.25) is 0 Å². The molecule has 5 heteroatoms. The maximum absolute atomic E-state index is 11.3. The van der Waals surface area contributed by atoms with Gasteiger partial charge in [-0.2, -0.15) is 0 Å². The third kappa shape index (κ3) is 4.21. The molecule has 1 N–H and O–H groups in total. The summed E-state index contributed by atoms with van der Waals surface area (Å²) >= 11 is 0. The third-order valence-electron chi connectivity index (χ3n) is 3.33. The number of hydrogen-bond acceptors (Lipinski definition) is 4. The topological polar surface area (TPSA) is 55.4 Å². The quantitative estimate of drug-likeness (QED) is 0.769. The van der Waals surface area contributed by atoms with Crippen LogP contribution < -0.4 is 10.1 Å². The van der Waals surface area contributed by atoms with Crippen molar-refractivity contribution in [2.24, 2.45) is 0 Å². The molecule has 0 saturated carbocycles. The van der Waals surface area contributed by atoms with Gasteiger partial charge in [-0.05, 0) is 24.6 Å². The SMILES string of the molecule is CCS(=O)(=O)CCCNCC1Cc2ccccc2O1. The fraction of sp³-hybridized carbons (Fsp3) is 0.571. The number of para-hydroxylation sites is 1. The van der Waals surface area contributed by atoms with E-state index < -0.39 is 9.84 Å². The molecule has 1 aromatic rings. The monoisotopic (exact) mass is 283 g/mol. The van der Waals surface area contributed by atoms with Gasteiger partial charge in [0, 0.05) is 18.7 Å². The summed E-state index contributed by atoms with van der Waals surface area (Å²) in [5.41, 5.74) is 1.25. The third-order valence-corrected chi connectivity index (χ3v) is 5.12. The van der Waals surface area contributed by atoms with Crippen molar-refractivity contribution >= 4 is 9.84 Å². The molecule has 0 radical (unpaired) electrons. The van der Waals surface area contributed by atoms with Crippen LogP contribution in [0.5, 0.6) is 5.75 Å². The first-order valence-corrected chi connectivity index (χ1v) is 8.58. The van der Waals surface area contributed by atoms with E-state index in [-0.39, 0.29) is 17.6 Å². The molecule has 1 atom stereocenters. The summed E-state index contributed by atoms with van der Waals surface area (Å²) in [5, 5.41) is 3.27. The minimum absolute atomic E-state index is 0.167. The Bertz CT molecular complexity index is 488. The highest BCUT2D eigenvalue weighted by Gasteiger charge is 2.21. The van der Waals surface area contributed by atoms with E-state index in [0.29, 0.717) is 6.42 Å². The highest BCUT2D eigenvalue weighted by molar-refractivity contribution is 7.91. The lowest BCUT2D eigenvalue weighted by Crippen LogP contribution is -2.31. The van der Waals surface area contributed by atoms with Gasteiger partial charge in [0.1, 0.15) is 21.7 Å². The van der Waals surface area contributed by atoms with E-state index in [0.717, 1.165) is 25.3 Å². The van der Waals surface area contributed by atoms with Crippen LogP contribution in [0.1, 0.15) is 18.9 Å². The Morgan fingerprint density at radius 1 is 1.37 bits per heavy atom. The van der Waals surface area contributed by atoms with Crippen LogP contribution in [0.3, 0.4) is 0 Å². The molecule has 0 spiro atoms. The summed E-state index contributed by atoms with van der Waals surface area (Å²) < 4.78 is 28.4. The number of hydrogen-bond donors (Lipinski definition) is 1. The van der Waals surface area contributed by atoms with Crippen LogP contribution >= 0.6 is 0 Å². The van der Waals surface area contributed by atoms with Gasteiger partial charge in [0.25, 0.3) is 0 Å². The predicted octanol–water partition coefficient (Wildman–Crippen LogP) is 1.40. The fourth-order valence-corrected chi connectivity index (χ4v) is 3.07. The Balaban J connectivity index is 1.64. The minimum Gasteiger partial charge on any atom is -0.488 e. The molecule has 0 aliphatic carbocycles. The van der Waals surface area contributed by atoms with E-state index >= 15 is 0 Å². The van der Waals surface area contributed by atoms with Crippen LogP contribution in [0.4, 0.5) is 0 Å². The molecule has 1 aromatic carbocycles. The molecule has 0 saturated heterocycles. The standard InChI is InChI=1S/C14H21NO3S/c1-2-19(16,17)9-5-8-15-11-13-10-12-6-3-4-7-14(12)18-13/h3-4,6-7,13,15H,2,5,8-11H2,1H3. The van der Waals surface area contributed by atoms with Crippen molar-refractivity contribution < 1.29 is 13.2 Å². The first kappa shape index (κ1) is 14.3. The second kappa shape index (κ2) is 6.39. The number of benzene rings is 1. The molecule has 0 amide bonds. The van der Waals surface area contributed by atoms with Gasteiger partial charge < -0.3 is 10.1 Å². The Morgan fingerprint density at radius 2 is 2.16 bits per heavy atom. The Morgan fingerprint density at radius 3 is 2.89 bits per heavy atom. The summed E-state index contributed by atoms with van der Waals surface area (Å²) in [7, 11) is -2.83. The first-order valence-electron chi connectivity index (χ1n) is 6.76. The smallest absolute Gasteiger partial charge is 0.150 e. The van der Waals surface area contributed by atoms with Gasteiger partial charge in [-0.25, -0.2) is 8.42 Å². The van der Waals surface area contributed by atoms with Gasteiger partial charge in [0.2, 0.25) is 0 Å². The van der Waals surface area contributed by atoms with E-state index in [4.69, 9.17) is 4.74 Å². The van der Waals surface area contributed by atoms with Crippen LogP contribution in [-0.4, -0.2) is 39.1 Å². The highest BCUT2D eigenvalue weighted by Crippen LogP contribution is 2.27. The summed E-state index contributed by atoms with van der Waals surface area (Å²) in [6.45, 7) is 3.17. The Labute approximate surface area is 115 Å². The molecule has 0 bridgehead atoms. The van der Waals surface area contributed by atoms with Gasteiger partial charge in [-0.1, -0.05) is 25.1 Å². The molecule has 2 rings (SSSR count). The second-order valence-electron chi connectivity index (χ2n) is 4.85. The van der Waals surface area contributed by atoms with Crippen molar-refractivity contribution in [3.8, 4) is 5.75 Å². The van der Waals surface area contributed by atoms with Crippen LogP contribution in [0, 0.1) is 0 Å². The molecule has 106 valence electrons. The molecule has 1 aliphatic rings. The number of rotatable bonds is 7. The van der Waals surface area contributed by atoms with E-state index in [2.05, 4.69) is 11.4 Å². The maximum Gasteiger partial charge on any atom is 0.150 e. The highest BCUT2D eigenvalue weighted by atomic mass is 32.2. The summed E-state index contributed by atoms with van der Waals surface area (Å²) in [5.74, 6) is 1.47. The summed E-state index contributed by atoms with van der Waals surface area (Å²) in [4.78, 5) is 0. The minimum atomic E-state index is -2.83. The molecule has 19 heavy (non-hydrogen) atoms. The number of fused-ring (bicyclic) bond motifs is 1. The Hall–Kier alpha value is -1.07. The van der Waals surface area contributed by atoms with Gasteiger partial charge in [0.15, 0.2) is 0 Å². The maximum atomic E-state index is 11.3. The van der Waals surface area contributed by atoms with Crippen molar-refractivity contribution in [1.29, 1.82) is 0 Å². The molecular weight excluding hydrogens is 262 g/mol. The van der Waals surface area contributed by atoms with Gasteiger partial charge in [-0.3, -0.25) is 0 Å². The van der Waals surface area contributed by atoms with E-state index in [1.165, 1.54) is 5.56 Å². The van der Waals surface area contributed by atoms with E-state index in [9.17, 15) is 8.42 Å². The molecule has 0 fully saturated rings. The lowest BCUT2D eigenvalue weighted by Gasteiger charge is -2.11. The predicted molar refractivity (Wildman–Crippen MR) is 76.4 cm³/mol. The molecular formula is C14H21NO3S. The van der Waals surface area contributed by atoms with Crippen molar-refractivity contribution in [3.05, 3.63) is 29.8 Å². The fourth-order valence-electron chi connectivity index (χ4n) is 2.19. The Kier molecular flexibility index (Phi) is 4.82. The molecule has 1 unspecified atom stereocenters. The summed E-state index contributed by atoms with van der Waals surface area (Å²) in [6.07, 6.45) is 1.76. The second-order valence-corrected chi connectivity index (χ2v) is 7.32. The molecule has 4 nitrogen and oxygen atoms in total. The van der Waals surface area contributed by atoms with E-state index in [1.54, 1.807) is 6.92 Å². The molecule has 0 aromatic heterocycles. The van der Waals surface area contributed by atoms with Crippen molar-refractivity contribution in [2.75, 3.05) is 24.6 Å². The zero-order chi connectivity index (χ0) is 13.7. The van der Waals surface area contributed by atoms with Gasteiger partial charge in [0.05, 0.1) is 5.75 Å². The first-order chi connectivity index (χ1) is 9.11. The molecule has 1 heterocycles. The average Bonchev–Trinajstić information content (AvgIpc) is 2.81. The number of sulfone groups is 1. The summed E-state index contributed by atoms with van der Waals surface area (Å²) in [6, 6.07) is 8.07. The number of nitrogens with one attached hydrogen (secondary N) is 1. The van der Waals surface area contributed by atoms with Crippen molar-refractivity contribution in [1.82, 2.24) is 5.32 Å². The zero-order valence-corrected chi connectivity index (χ0v) is 12.1. The van der Waals surface area contributed by atoms with E-state index in [1.807, 2.05) is 18.2 Å². The van der Waals surface area contributed by atoms with Crippen LogP contribution in [-0.2, 0) is 16.3 Å². The molecule has 1 aliphatic heterocycles.